The Bertz CT molecular complexity index is 1260. The predicted octanol–water partition coefficient (Wildman–Crippen LogP) is 3.11. The van der Waals surface area contributed by atoms with Crippen LogP contribution in [0.1, 0.15) is 35.7 Å². The van der Waals surface area contributed by atoms with Crippen LogP contribution in [0.25, 0.3) is 0 Å². The highest BCUT2D eigenvalue weighted by molar-refractivity contribution is 7.92. The quantitative estimate of drug-likeness (QED) is 0.499. The van der Waals surface area contributed by atoms with Crippen LogP contribution >= 0.6 is 0 Å². The first-order valence-corrected chi connectivity index (χ1v) is 13.9. The molecule has 2 aliphatic rings. The van der Waals surface area contributed by atoms with Crippen LogP contribution in [-0.4, -0.2) is 80.7 Å². The molecule has 3 N–H and O–H groups in total. The molecule has 2 aromatic rings. The molecular weight excluding hydrogens is 539 g/mol. The molecule has 0 bridgehead atoms. The Kier molecular flexibility index (Phi) is 9.78. The van der Waals surface area contributed by atoms with E-state index in [0.29, 0.717) is 30.4 Å². The number of aromatic nitrogens is 1. The molecule has 2 aliphatic heterocycles. The molecule has 4 rings (SSSR count). The van der Waals surface area contributed by atoms with Crippen molar-refractivity contribution in [2.24, 2.45) is 5.92 Å². The molecule has 39 heavy (non-hydrogen) atoms. The van der Waals surface area contributed by atoms with Gasteiger partial charge in [0.15, 0.2) is 0 Å². The first-order valence-electron chi connectivity index (χ1n) is 12.4. The van der Waals surface area contributed by atoms with Gasteiger partial charge in [0.25, 0.3) is 15.9 Å². The third kappa shape index (κ3) is 8.30. The number of halogens is 3. The van der Waals surface area contributed by atoms with E-state index in [-0.39, 0.29) is 16.5 Å². The molecular formula is C25H32F3N5O5S. The van der Waals surface area contributed by atoms with E-state index < -0.39 is 22.2 Å². The summed E-state index contributed by atoms with van der Waals surface area (Å²) in [6.45, 7) is 8.66. The summed E-state index contributed by atoms with van der Waals surface area (Å²) in [5.41, 5.74) is 1.72. The molecule has 2 saturated heterocycles. The van der Waals surface area contributed by atoms with E-state index in [0.717, 1.165) is 44.6 Å². The van der Waals surface area contributed by atoms with Gasteiger partial charge in [0, 0.05) is 39.3 Å². The lowest BCUT2D eigenvalue weighted by Crippen LogP contribution is -2.45. The number of hydrogen-bond acceptors (Lipinski definition) is 7. The number of likely N-dealkylation sites (tertiary alicyclic amines) is 1. The van der Waals surface area contributed by atoms with Gasteiger partial charge in [-0.15, -0.1) is 0 Å². The number of aryl methyl sites for hydroxylation is 1. The van der Waals surface area contributed by atoms with Crippen LogP contribution < -0.4 is 14.9 Å². The van der Waals surface area contributed by atoms with Crippen LogP contribution in [0.4, 0.5) is 24.7 Å². The number of hydrogen-bond donors (Lipinski definition) is 3. The molecule has 3 heterocycles. The van der Waals surface area contributed by atoms with Crippen molar-refractivity contribution in [3.05, 3.63) is 47.7 Å². The average molecular weight is 572 g/mol. The molecule has 0 radical (unpaired) electrons. The Morgan fingerprint density at radius 3 is 2.18 bits per heavy atom. The van der Waals surface area contributed by atoms with Crippen LogP contribution in [0, 0.1) is 12.8 Å². The molecule has 0 spiro atoms. The highest BCUT2D eigenvalue weighted by Gasteiger charge is 2.38. The van der Waals surface area contributed by atoms with Gasteiger partial charge in [-0.05, 0) is 43.9 Å². The Labute approximate surface area is 225 Å². The number of nitrogens with one attached hydrogen (secondary N) is 2. The van der Waals surface area contributed by atoms with Gasteiger partial charge in [-0.1, -0.05) is 24.6 Å². The van der Waals surface area contributed by atoms with Crippen LogP contribution in [0.2, 0.25) is 0 Å². The van der Waals surface area contributed by atoms with Crippen LogP contribution in [0.3, 0.4) is 0 Å². The second kappa shape index (κ2) is 12.6. The summed E-state index contributed by atoms with van der Waals surface area (Å²) in [7, 11) is -3.78. The fourth-order valence-corrected chi connectivity index (χ4v) is 5.15. The summed E-state index contributed by atoms with van der Waals surface area (Å²) >= 11 is 0. The summed E-state index contributed by atoms with van der Waals surface area (Å²) in [5, 5.41) is 10.4. The molecule has 0 unspecified atom stereocenters. The molecule has 1 aromatic carbocycles. The SMILES string of the molecule is Cc1ccc(S(=O)(=O)Nc2cnc(N3CCNCC3)c(C(=O)N3CCC(C)CC3)c2)cc1.O=C(O)C(F)(F)F. The zero-order chi connectivity index (χ0) is 28.8. The van der Waals surface area contributed by atoms with Gasteiger partial charge in [-0.25, -0.2) is 18.2 Å². The number of aliphatic carboxylic acids is 1. The molecule has 0 aliphatic carbocycles. The Morgan fingerprint density at radius 1 is 1.08 bits per heavy atom. The number of pyridine rings is 1. The maximum atomic E-state index is 13.5. The Morgan fingerprint density at radius 2 is 1.64 bits per heavy atom. The number of anilines is 2. The zero-order valence-corrected chi connectivity index (χ0v) is 22.5. The Balaban J connectivity index is 0.000000532. The van der Waals surface area contributed by atoms with Crippen molar-refractivity contribution in [2.45, 2.75) is 37.8 Å². The topological polar surface area (TPSA) is 132 Å². The fraction of sp³-hybridized carbons (Fsp3) is 0.480. The average Bonchev–Trinajstić information content (AvgIpc) is 2.89. The van der Waals surface area contributed by atoms with Gasteiger partial charge in [0.1, 0.15) is 5.82 Å². The van der Waals surface area contributed by atoms with Crippen LogP contribution in [0.15, 0.2) is 41.4 Å². The minimum atomic E-state index is -5.08. The van der Waals surface area contributed by atoms with E-state index in [1.807, 2.05) is 11.8 Å². The lowest BCUT2D eigenvalue weighted by molar-refractivity contribution is -0.192. The number of nitrogens with zero attached hydrogens (tertiary/aromatic N) is 3. The third-order valence-corrected chi connectivity index (χ3v) is 7.81. The molecule has 2 fully saturated rings. The van der Waals surface area contributed by atoms with Crippen molar-refractivity contribution in [1.82, 2.24) is 15.2 Å². The number of carbonyl (C=O) groups is 2. The summed E-state index contributed by atoms with van der Waals surface area (Å²) in [5.74, 6) is -1.62. The van der Waals surface area contributed by atoms with E-state index in [4.69, 9.17) is 9.90 Å². The fourth-order valence-electron chi connectivity index (χ4n) is 4.11. The van der Waals surface area contributed by atoms with Crippen LogP contribution in [-0.2, 0) is 14.8 Å². The van der Waals surface area contributed by atoms with E-state index in [1.165, 1.54) is 6.20 Å². The van der Waals surface area contributed by atoms with Crippen LogP contribution in [0.5, 0.6) is 0 Å². The molecule has 14 heteroatoms. The number of carboxylic acids is 1. The molecule has 0 saturated carbocycles. The van der Waals surface area contributed by atoms with Crippen molar-refractivity contribution in [3.8, 4) is 0 Å². The van der Waals surface area contributed by atoms with Gasteiger partial charge in [0.05, 0.1) is 22.3 Å². The van der Waals surface area contributed by atoms with Crippen molar-refractivity contribution < 1.29 is 36.3 Å². The number of sulfonamides is 1. The summed E-state index contributed by atoms with van der Waals surface area (Å²) < 4.78 is 60.1. The van der Waals surface area contributed by atoms with Crippen molar-refractivity contribution in [2.75, 3.05) is 48.9 Å². The monoisotopic (exact) mass is 571 g/mol. The molecule has 10 nitrogen and oxygen atoms in total. The lowest BCUT2D eigenvalue weighted by atomic mass is 9.98. The number of piperazine rings is 1. The minimum absolute atomic E-state index is 0.0886. The standard InChI is InChI=1S/C23H31N5O3S.C2HF3O2/c1-17-3-5-20(6-4-17)32(30,31)26-19-15-21(23(29)28-11-7-18(2)8-12-28)22(25-16-19)27-13-9-24-10-14-27;3-2(4,5)1(6)7/h3-6,15-16,18,24,26H,7-14H2,1-2H3;(H,6,7). The number of piperidine rings is 1. The van der Waals surface area contributed by atoms with Gasteiger partial charge >= 0.3 is 12.1 Å². The van der Waals surface area contributed by atoms with Gasteiger partial charge in [-0.2, -0.15) is 13.2 Å². The summed E-state index contributed by atoms with van der Waals surface area (Å²) in [6.07, 6.45) is -1.64. The highest BCUT2D eigenvalue weighted by atomic mass is 32.2. The number of carbonyl (C=O) groups excluding carboxylic acids is 1. The van der Waals surface area contributed by atoms with E-state index in [1.54, 1.807) is 30.3 Å². The lowest BCUT2D eigenvalue weighted by Gasteiger charge is -2.33. The zero-order valence-electron chi connectivity index (χ0n) is 21.7. The third-order valence-electron chi connectivity index (χ3n) is 6.41. The molecule has 1 amide bonds. The Hall–Kier alpha value is -3.39. The largest absolute Gasteiger partial charge is 0.490 e. The maximum Gasteiger partial charge on any atom is 0.490 e. The number of amides is 1. The number of alkyl halides is 3. The number of rotatable bonds is 5. The van der Waals surface area contributed by atoms with Crippen molar-refractivity contribution >= 4 is 33.4 Å². The highest BCUT2D eigenvalue weighted by Crippen LogP contribution is 2.27. The molecule has 214 valence electrons. The van der Waals surface area contributed by atoms with E-state index >= 15 is 0 Å². The number of benzene rings is 1. The smallest absolute Gasteiger partial charge is 0.475 e. The predicted molar refractivity (Wildman–Crippen MR) is 139 cm³/mol. The maximum absolute atomic E-state index is 13.5. The van der Waals surface area contributed by atoms with Crippen molar-refractivity contribution in [1.29, 1.82) is 0 Å². The van der Waals surface area contributed by atoms with E-state index in [2.05, 4.69) is 26.8 Å². The first kappa shape index (κ1) is 30.2. The minimum Gasteiger partial charge on any atom is -0.475 e. The van der Waals surface area contributed by atoms with Gasteiger partial charge in [-0.3, -0.25) is 9.52 Å². The molecule has 1 aromatic heterocycles. The normalized spacial score (nSPS) is 16.7. The van der Waals surface area contributed by atoms with Gasteiger partial charge in [0.2, 0.25) is 0 Å². The van der Waals surface area contributed by atoms with E-state index in [9.17, 15) is 26.4 Å². The van der Waals surface area contributed by atoms with Gasteiger partial charge < -0.3 is 20.2 Å². The van der Waals surface area contributed by atoms with Crippen molar-refractivity contribution in [3.63, 3.8) is 0 Å². The summed E-state index contributed by atoms with van der Waals surface area (Å²) in [6, 6.07) is 8.29. The summed E-state index contributed by atoms with van der Waals surface area (Å²) in [4.78, 5) is 31.0. The molecule has 0 atom stereocenters. The first-order chi connectivity index (χ1) is 18.3. The second-order valence-electron chi connectivity index (χ2n) is 9.53. The second-order valence-corrected chi connectivity index (χ2v) is 11.2. The number of carboxylic acid groups (broad SMARTS) is 1.